The zero-order chi connectivity index (χ0) is 16.7. The highest BCUT2D eigenvalue weighted by molar-refractivity contribution is 5.94. The van der Waals surface area contributed by atoms with Crippen LogP contribution in [0.3, 0.4) is 0 Å². The predicted molar refractivity (Wildman–Crippen MR) is 85.7 cm³/mol. The standard InChI is InChI=1S/C18H18FNO3/c1-2-23-18(22)14-7-5-8-15(12-14)20-17(21)11-10-13-6-3-4-9-16(13)19/h3-9,12H,2,10-11H2,1H3,(H,20,21). The SMILES string of the molecule is CCOC(=O)c1cccc(NC(=O)CCc2ccccc2F)c1. The molecule has 0 radical (unpaired) electrons. The third kappa shape index (κ3) is 4.92. The van der Waals surface area contributed by atoms with Gasteiger partial charge in [-0.05, 0) is 43.2 Å². The summed E-state index contributed by atoms with van der Waals surface area (Å²) in [6.07, 6.45) is 0.473. The summed E-state index contributed by atoms with van der Waals surface area (Å²) in [6, 6.07) is 12.9. The molecular formula is C18H18FNO3. The summed E-state index contributed by atoms with van der Waals surface area (Å²) in [5.74, 6) is -0.992. The van der Waals surface area contributed by atoms with E-state index in [2.05, 4.69) is 5.32 Å². The van der Waals surface area contributed by atoms with Gasteiger partial charge in [-0.1, -0.05) is 24.3 Å². The maximum atomic E-state index is 13.5. The first kappa shape index (κ1) is 16.7. The van der Waals surface area contributed by atoms with Crippen LogP contribution in [0.15, 0.2) is 48.5 Å². The van der Waals surface area contributed by atoms with Crippen LogP contribution in [0.5, 0.6) is 0 Å². The highest BCUT2D eigenvalue weighted by Gasteiger charge is 2.09. The minimum absolute atomic E-state index is 0.157. The number of amides is 1. The summed E-state index contributed by atoms with van der Waals surface area (Å²) in [5, 5.41) is 2.70. The molecule has 5 heteroatoms. The predicted octanol–water partition coefficient (Wildman–Crippen LogP) is 3.57. The second-order valence-electron chi connectivity index (χ2n) is 4.94. The van der Waals surface area contributed by atoms with E-state index in [-0.39, 0.29) is 24.8 Å². The van der Waals surface area contributed by atoms with Gasteiger partial charge in [0.25, 0.3) is 0 Å². The molecule has 4 nitrogen and oxygen atoms in total. The van der Waals surface area contributed by atoms with Gasteiger partial charge in [0.1, 0.15) is 5.82 Å². The number of hydrogen-bond acceptors (Lipinski definition) is 3. The molecule has 0 aliphatic carbocycles. The van der Waals surface area contributed by atoms with Crippen LogP contribution < -0.4 is 5.32 Å². The summed E-state index contributed by atoms with van der Waals surface area (Å²) in [4.78, 5) is 23.6. The molecule has 0 unspecified atom stereocenters. The van der Waals surface area contributed by atoms with Crippen molar-refractivity contribution in [2.75, 3.05) is 11.9 Å². The van der Waals surface area contributed by atoms with E-state index < -0.39 is 5.97 Å². The summed E-state index contributed by atoms with van der Waals surface area (Å²) in [5.41, 5.74) is 1.38. The van der Waals surface area contributed by atoms with Crippen molar-refractivity contribution in [3.63, 3.8) is 0 Å². The Kier molecular flexibility index (Phi) is 5.86. The van der Waals surface area contributed by atoms with E-state index >= 15 is 0 Å². The lowest BCUT2D eigenvalue weighted by atomic mass is 10.1. The first-order valence-corrected chi connectivity index (χ1v) is 7.40. The van der Waals surface area contributed by atoms with Crippen molar-refractivity contribution in [1.82, 2.24) is 0 Å². The Balaban J connectivity index is 1.94. The molecule has 0 saturated carbocycles. The van der Waals surface area contributed by atoms with Gasteiger partial charge in [-0.25, -0.2) is 9.18 Å². The van der Waals surface area contributed by atoms with Crippen LogP contribution in [-0.2, 0) is 16.0 Å². The molecule has 120 valence electrons. The second kappa shape index (κ2) is 8.08. The summed E-state index contributed by atoms with van der Waals surface area (Å²) < 4.78 is 18.4. The van der Waals surface area contributed by atoms with E-state index in [0.717, 1.165) is 0 Å². The van der Waals surface area contributed by atoms with Crippen LogP contribution in [0, 0.1) is 5.82 Å². The number of nitrogens with one attached hydrogen (secondary N) is 1. The number of benzene rings is 2. The van der Waals surface area contributed by atoms with Crippen LogP contribution in [0.1, 0.15) is 29.3 Å². The smallest absolute Gasteiger partial charge is 0.338 e. The van der Waals surface area contributed by atoms with Crippen molar-refractivity contribution in [1.29, 1.82) is 0 Å². The molecule has 2 rings (SSSR count). The molecule has 0 aliphatic heterocycles. The molecule has 1 N–H and O–H groups in total. The Bertz CT molecular complexity index is 700. The van der Waals surface area contributed by atoms with Crippen LogP contribution in [0.2, 0.25) is 0 Å². The van der Waals surface area contributed by atoms with Crippen molar-refractivity contribution in [2.45, 2.75) is 19.8 Å². The van der Waals surface area contributed by atoms with Gasteiger partial charge in [0, 0.05) is 12.1 Å². The molecule has 0 atom stereocenters. The first-order chi connectivity index (χ1) is 11.1. The van der Waals surface area contributed by atoms with E-state index in [1.165, 1.54) is 6.07 Å². The van der Waals surface area contributed by atoms with Gasteiger partial charge in [-0.15, -0.1) is 0 Å². The van der Waals surface area contributed by atoms with Crippen LogP contribution in [0.25, 0.3) is 0 Å². The molecular weight excluding hydrogens is 297 g/mol. The van der Waals surface area contributed by atoms with E-state index in [4.69, 9.17) is 4.74 Å². The summed E-state index contributed by atoms with van der Waals surface area (Å²) >= 11 is 0. The number of rotatable bonds is 6. The zero-order valence-electron chi connectivity index (χ0n) is 12.8. The maximum absolute atomic E-state index is 13.5. The number of aryl methyl sites for hydroxylation is 1. The Hall–Kier alpha value is -2.69. The van der Waals surface area contributed by atoms with Crippen molar-refractivity contribution in [2.24, 2.45) is 0 Å². The third-order valence-electron chi connectivity index (χ3n) is 3.24. The number of esters is 1. The monoisotopic (exact) mass is 315 g/mol. The number of carbonyl (C=O) groups excluding carboxylic acids is 2. The van der Waals surface area contributed by atoms with Crippen molar-refractivity contribution >= 4 is 17.6 Å². The molecule has 0 bridgehead atoms. The molecule has 2 aromatic carbocycles. The van der Waals surface area contributed by atoms with E-state index in [9.17, 15) is 14.0 Å². The molecule has 0 saturated heterocycles. The lowest BCUT2D eigenvalue weighted by molar-refractivity contribution is -0.116. The topological polar surface area (TPSA) is 55.4 Å². The largest absolute Gasteiger partial charge is 0.462 e. The van der Waals surface area contributed by atoms with E-state index in [1.807, 2.05) is 0 Å². The number of carbonyl (C=O) groups is 2. The highest BCUT2D eigenvalue weighted by atomic mass is 19.1. The summed E-state index contributed by atoms with van der Waals surface area (Å²) in [6.45, 7) is 2.02. The van der Waals surface area contributed by atoms with E-state index in [0.29, 0.717) is 23.2 Å². The molecule has 0 spiro atoms. The van der Waals surface area contributed by atoms with Gasteiger partial charge in [-0.2, -0.15) is 0 Å². The Morgan fingerprint density at radius 3 is 2.65 bits per heavy atom. The van der Waals surface area contributed by atoms with Gasteiger partial charge in [0.05, 0.1) is 12.2 Å². The van der Waals surface area contributed by atoms with Crippen molar-refractivity contribution in [3.05, 3.63) is 65.5 Å². The Morgan fingerprint density at radius 2 is 1.91 bits per heavy atom. The quantitative estimate of drug-likeness (QED) is 0.829. The average molecular weight is 315 g/mol. The van der Waals surface area contributed by atoms with Crippen LogP contribution >= 0.6 is 0 Å². The fourth-order valence-corrected chi connectivity index (χ4v) is 2.11. The van der Waals surface area contributed by atoms with E-state index in [1.54, 1.807) is 49.4 Å². The van der Waals surface area contributed by atoms with Gasteiger partial charge < -0.3 is 10.1 Å². The molecule has 0 heterocycles. The fourth-order valence-electron chi connectivity index (χ4n) is 2.11. The average Bonchev–Trinajstić information content (AvgIpc) is 2.54. The highest BCUT2D eigenvalue weighted by Crippen LogP contribution is 2.13. The summed E-state index contributed by atoms with van der Waals surface area (Å²) in [7, 11) is 0. The van der Waals surface area contributed by atoms with Crippen LogP contribution in [-0.4, -0.2) is 18.5 Å². The molecule has 0 aromatic heterocycles. The van der Waals surface area contributed by atoms with Gasteiger partial charge in [-0.3, -0.25) is 4.79 Å². The third-order valence-corrected chi connectivity index (χ3v) is 3.24. The first-order valence-electron chi connectivity index (χ1n) is 7.40. The lowest BCUT2D eigenvalue weighted by Gasteiger charge is -2.08. The molecule has 2 aromatic rings. The van der Waals surface area contributed by atoms with Gasteiger partial charge >= 0.3 is 5.97 Å². The Morgan fingerprint density at radius 1 is 1.13 bits per heavy atom. The molecule has 23 heavy (non-hydrogen) atoms. The van der Waals surface area contributed by atoms with Crippen molar-refractivity contribution in [3.8, 4) is 0 Å². The number of halogens is 1. The molecule has 0 fully saturated rings. The molecule has 1 amide bonds. The second-order valence-corrected chi connectivity index (χ2v) is 4.94. The minimum Gasteiger partial charge on any atom is -0.462 e. The number of ether oxygens (including phenoxy) is 1. The number of anilines is 1. The number of hydrogen-bond donors (Lipinski definition) is 1. The van der Waals surface area contributed by atoms with Crippen LogP contribution in [0.4, 0.5) is 10.1 Å². The minimum atomic E-state index is -0.435. The van der Waals surface area contributed by atoms with Gasteiger partial charge in [0.15, 0.2) is 0 Å². The fraction of sp³-hybridized carbons (Fsp3) is 0.222. The van der Waals surface area contributed by atoms with Gasteiger partial charge in [0.2, 0.25) is 5.91 Å². The lowest BCUT2D eigenvalue weighted by Crippen LogP contribution is -2.13. The normalized spacial score (nSPS) is 10.2. The maximum Gasteiger partial charge on any atom is 0.338 e. The Labute approximate surface area is 134 Å². The van der Waals surface area contributed by atoms with Crippen molar-refractivity contribution < 1.29 is 18.7 Å². The zero-order valence-corrected chi connectivity index (χ0v) is 12.8. The molecule has 0 aliphatic rings.